The van der Waals surface area contributed by atoms with Crippen LogP contribution in [0.15, 0.2) is 16.9 Å². The van der Waals surface area contributed by atoms with Gasteiger partial charge in [-0.2, -0.15) is 18.3 Å². The molecule has 0 saturated carbocycles. The molecule has 2 aromatic rings. The molecule has 2 aromatic heterocycles. The zero-order chi connectivity index (χ0) is 13.3. The van der Waals surface area contributed by atoms with Crippen LogP contribution < -0.4 is 5.32 Å². The molecule has 0 aliphatic carbocycles. The second kappa shape index (κ2) is 5.19. The van der Waals surface area contributed by atoms with Crippen LogP contribution in [-0.2, 0) is 0 Å². The van der Waals surface area contributed by atoms with Crippen LogP contribution in [-0.4, -0.2) is 27.3 Å². The minimum absolute atomic E-state index is 0.190. The van der Waals surface area contributed by atoms with E-state index in [-0.39, 0.29) is 6.54 Å². The summed E-state index contributed by atoms with van der Waals surface area (Å²) in [6, 6.07) is 1.60. The molecule has 0 unspecified atom stereocenters. The van der Waals surface area contributed by atoms with Crippen LogP contribution in [0.4, 0.5) is 18.9 Å². The van der Waals surface area contributed by atoms with Crippen molar-refractivity contribution in [1.82, 2.24) is 14.6 Å². The van der Waals surface area contributed by atoms with Gasteiger partial charge in [-0.25, -0.2) is 9.50 Å². The molecule has 1 N–H and O–H groups in total. The molecule has 0 bridgehead atoms. The van der Waals surface area contributed by atoms with Crippen LogP contribution in [0, 0.1) is 3.70 Å². The topological polar surface area (TPSA) is 42.2 Å². The molecule has 4 nitrogen and oxygen atoms in total. The van der Waals surface area contributed by atoms with Gasteiger partial charge in [0, 0.05) is 6.54 Å². The number of rotatable bonds is 3. The Bertz CT molecular complexity index is 569. The first-order valence-corrected chi connectivity index (χ1v) is 6.75. The van der Waals surface area contributed by atoms with Crippen molar-refractivity contribution in [3.05, 3.63) is 20.6 Å². The molecular formula is C9H7BrF3IN4. The van der Waals surface area contributed by atoms with Crippen LogP contribution in [0.5, 0.6) is 0 Å². The monoisotopic (exact) mass is 434 g/mol. The van der Waals surface area contributed by atoms with Gasteiger partial charge in [-0.1, -0.05) is 0 Å². The number of alkyl halides is 3. The van der Waals surface area contributed by atoms with Crippen LogP contribution in [0.25, 0.3) is 5.65 Å². The molecule has 0 aliphatic rings. The lowest BCUT2D eigenvalue weighted by Gasteiger charge is -2.09. The third kappa shape index (κ3) is 3.05. The van der Waals surface area contributed by atoms with E-state index < -0.39 is 12.6 Å². The highest BCUT2D eigenvalue weighted by Gasteiger charge is 2.26. The third-order valence-corrected chi connectivity index (χ3v) is 4.41. The molecule has 0 aliphatic heterocycles. The highest BCUT2D eigenvalue weighted by Crippen LogP contribution is 2.24. The van der Waals surface area contributed by atoms with Gasteiger partial charge in [0.25, 0.3) is 0 Å². The Morgan fingerprint density at radius 3 is 2.83 bits per heavy atom. The van der Waals surface area contributed by atoms with Crippen molar-refractivity contribution in [3.8, 4) is 0 Å². The van der Waals surface area contributed by atoms with E-state index in [9.17, 15) is 13.2 Å². The SMILES string of the molecule is FC(F)(F)CCNc1ccnn2c(I)c(Br)nc12. The van der Waals surface area contributed by atoms with Crippen LogP contribution >= 0.6 is 38.5 Å². The van der Waals surface area contributed by atoms with Gasteiger partial charge in [0.1, 0.15) is 8.30 Å². The summed E-state index contributed by atoms with van der Waals surface area (Å²) in [4.78, 5) is 4.19. The first-order chi connectivity index (χ1) is 8.38. The Balaban J connectivity index is 2.21. The minimum atomic E-state index is -4.17. The lowest BCUT2D eigenvalue weighted by atomic mass is 10.4. The fourth-order valence-electron chi connectivity index (χ4n) is 1.37. The summed E-state index contributed by atoms with van der Waals surface area (Å²) in [6.07, 6.45) is -3.54. The Hall–Kier alpha value is -0.580. The summed E-state index contributed by atoms with van der Waals surface area (Å²) < 4.78 is 39.1. The number of hydrogen-bond donors (Lipinski definition) is 1. The van der Waals surface area contributed by atoms with E-state index in [1.54, 1.807) is 10.6 Å². The number of nitrogens with zero attached hydrogens (tertiary/aromatic N) is 3. The molecule has 0 radical (unpaired) electrons. The summed E-state index contributed by atoms with van der Waals surface area (Å²) in [5.41, 5.74) is 1.02. The van der Waals surface area contributed by atoms with E-state index in [1.165, 1.54) is 6.20 Å². The number of hydrogen-bond acceptors (Lipinski definition) is 3. The molecule has 0 aromatic carbocycles. The van der Waals surface area contributed by atoms with Crippen molar-refractivity contribution in [2.45, 2.75) is 12.6 Å². The van der Waals surface area contributed by atoms with E-state index in [2.05, 4.69) is 31.3 Å². The summed E-state index contributed by atoms with van der Waals surface area (Å²) in [7, 11) is 0. The van der Waals surface area contributed by atoms with Gasteiger partial charge in [-0.3, -0.25) is 0 Å². The molecule has 0 atom stereocenters. The summed E-state index contributed by atoms with van der Waals surface area (Å²) >= 11 is 5.30. The van der Waals surface area contributed by atoms with Gasteiger partial charge in [0.2, 0.25) is 0 Å². The Labute approximate surface area is 122 Å². The summed E-state index contributed by atoms with van der Waals surface area (Å²) in [5, 5.41) is 6.79. The number of anilines is 1. The predicted octanol–water partition coefficient (Wildman–Crippen LogP) is 3.46. The average molecular weight is 435 g/mol. The first-order valence-electron chi connectivity index (χ1n) is 4.88. The van der Waals surface area contributed by atoms with Gasteiger partial charge in [-0.05, 0) is 44.6 Å². The molecule has 2 heterocycles. The van der Waals surface area contributed by atoms with Crippen LogP contribution in [0.3, 0.4) is 0 Å². The highest BCUT2D eigenvalue weighted by atomic mass is 127. The average Bonchev–Trinajstić information content (AvgIpc) is 2.55. The maximum Gasteiger partial charge on any atom is 0.390 e. The lowest BCUT2D eigenvalue weighted by molar-refractivity contribution is -0.131. The number of imidazole rings is 1. The van der Waals surface area contributed by atoms with Gasteiger partial charge >= 0.3 is 6.18 Å². The van der Waals surface area contributed by atoms with E-state index >= 15 is 0 Å². The standard InChI is InChI=1S/C9H7BrF3IN4/c10-6-7(14)18-8(17-6)5(1-3-16-18)15-4-2-9(11,12)13/h1,3,15H,2,4H2. The first kappa shape index (κ1) is 13.8. The second-order valence-corrected chi connectivity index (χ2v) is 5.24. The predicted molar refractivity (Wildman–Crippen MR) is 72.6 cm³/mol. The molecule has 2 rings (SSSR count). The number of fused-ring (bicyclic) bond motifs is 1. The third-order valence-electron chi connectivity index (χ3n) is 2.15. The number of nitrogens with one attached hydrogen (secondary N) is 1. The van der Waals surface area contributed by atoms with Gasteiger partial charge < -0.3 is 5.32 Å². The molecular weight excluding hydrogens is 428 g/mol. The smallest absolute Gasteiger partial charge is 0.382 e. The van der Waals surface area contributed by atoms with Crippen molar-refractivity contribution in [3.63, 3.8) is 0 Å². The minimum Gasteiger partial charge on any atom is -0.382 e. The Morgan fingerprint density at radius 2 is 2.17 bits per heavy atom. The highest BCUT2D eigenvalue weighted by molar-refractivity contribution is 14.1. The quantitative estimate of drug-likeness (QED) is 0.752. The number of halogens is 5. The largest absolute Gasteiger partial charge is 0.390 e. The second-order valence-electron chi connectivity index (χ2n) is 3.47. The fourth-order valence-corrected chi connectivity index (χ4v) is 2.18. The maximum absolute atomic E-state index is 12.1. The van der Waals surface area contributed by atoms with E-state index in [1.807, 2.05) is 22.6 Å². The van der Waals surface area contributed by atoms with Crippen molar-refractivity contribution in [2.24, 2.45) is 0 Å². The number of aromatic nitrogens is 3. The summed E-state index contributed by atoms with van der Waals surface area (Å²) in [5.74, 6) is 0. The molecule has 98 valence electrons. The van der Waals surface area contributed by atoms with E-state index in [0.717, 1.165) is 3.70 Å². The molecule has 9 heteroatoms. The van der Waals surface area contributed by atoms with Crippen LogP contribution in [0.1, 0.15) is 6.42 Å². The molecule has 18 heavy (non-hydrogen) atoms. The summed E-state index contributed by atoms with van der Waals surface area (Å²) in [6.45, 7) is -0.190. The maximum atomic E-state index is 12.1. The van der Waals surface area contributed by atoms with Crippen molar-refractivity contribution in [2.75, 3.05) is 11.9 Å². The van der Waals surface area contributed by atoms with Crippen molar-refractivity contribution < 1.29 is 13.2 Å². The molecule has 0 spiro atoms. The van der Waals surface area contributed by atoms with Crippen LogP contribution in [0.2, 0.25) is 0 Å². The van der Waals surface area contributed by atoms with Gasteiger partial charge in [0.05, 0.1) is 18.3 Å². The zero-order valence-corrected chi connectivity index (χ0v) is 12.5. The molecule has 0 amide bonds. The van der Waals surface area contributed by atoms with Crippen molar-refractivity contribution >= 4 is 49.9 Å². The molecule has 0 saturated heterocycles. The van der Waals surface area contributed by atoms with Gasteiger partial charge in [0.15, 0.2) is 5.65 Å². The van der Waals surface area contributed by atoms with Crippen molar-refractivity contribution in [1.29, 1.82) is 0 Å². The fraction of sp³-hybridized carbons (Fsp3) is 0.333. The Kier molecular flexibility index (Phi) is 3.99. The normalized spacial score (nSPS) is 12.1. The van der Waals surface area contributed by atoms with E-state index in [4.69, 9.17) is 0 Å². The lowest BCUT2D eigenvalue weighted by Crippen LogP contribution is -2.15. The Morgan fingerprint density at radius 1 is 1.44 bits per heavy atom. The molecule has 0 fully saturated rings. The van der Waals surface area contributed by atoms with E-state index in [0.29, 0.717) is 15.9 Å². The van der Waals surface area contributed by atoms with Gasteiger partial charge in [-0.15, -0.1) is 0 Å². The zero-order valence-electron chi connectivity index (χ0n) is 8.80.